The molecular weight excluding hydrogens is 388 g/mol. The quantitative estimate of drug-likeness (QED) is 0.653. The van der Waals surface area contributed by atoms with Gasteiger partial charge in [-0.1, -0.05) is 23.4 Å². The number of ether oxygens (including phenoxy) is 1. The van der Waals surface area contributed by atoms with E-state index in [2.05, 4.69) is 4.99 Å². The number of anilines is 1. The molecule has 0 spiro atoms. The van der Waals surface area contributed by atoms with Crippen LogP contribution in [0.2, 0.25) is 5.02 Å². The van der Waals surface area contributed by atoms with Crippen LogP contribution in [-0.2, 0) is 0 Å². The van der Waals surface area contributed by atoms with Crippen molar-refractivity contribution in [2.75, 3.05) is 24.0 Å². The largest absolute Gasteiger partial charge is 0.496 e. The third-order valence-corrected chi connectivity index (χ3v) is 6.08. The molecule has 2 aromatic rings. The summed E-state index contributed by atoms with van der Waals surface area (Å²) in [7, 11) is 1.58. The molecule has 1 heterocycles. The molecule has 0 saturated heterocycles. The average molecular weight is 407 g/mol. The van der Waals surface area contributed by atoms with E-state index < -0.39 is 0 Å². The summed E-state index contributed by atoms with van der Waals surface area (Å²) in [6, 6.07) is 13.0. The molecule has 1 aliphatic heterocycles. The lowest BCUT2D eigenvalue weighted by atomic mass is 10.1. The molecule has 0 saturated carbocycles. The Morgan fingerprint density at radius 3 is 2.62 bits per heavy atom. The van der Waals surface area contributed by atoms with Crippen molar-refractivity contribution < 1.29 is 9.53 Å². The predicted molar refractivity (Wildman–Crippen MR) is 112 cm³/mol. The number of hydrogen-bond donors (Lipinski definition) is 0. The third kappa shape index (κ3) is 4.03. The van der Waals surface area contributed by atoms with Gasteiger partial charge in [0.25, 0.3) is 5.91 Å². The highest BCUT2D eigenvalue weighted by atomic mass is 35.5. The standard InChI is InChI=1S/C19H19ClN2O2S2/c1-12-11-26-19(21-12)22(14-6-4-13(20)5-7-14)18(23)16-9-8-15(25-3)10-17(16)24-2/h4-10,12H,11H2,1-3H3/t12-/m1/s1. The summed E-state index contributed by atoms with van der Waals surface area (Å²) in [5, 5.41) is 1.32. The lowest BCUT2D eigenvalue weighted by Crippen LogP contribution is -2.35. The first-order valence-corrected chi connectivity index (χ1v) is 10.6. The van der Waals surface area contributed by atoms with E-state index in [4.69, 9.17) is 16.3 Å². The zero-order valence-corrected chi connectivity index (χ0v) is 17.1. The third-order valence-electron chi connectivity index (χ3n) is 3.90. The van der Waals surface area contributed by atoms with Crippen LogP contribution in [-0.4, -0.2) is 36.2 Å². The van der Waals surface area contributed by atoms with Crippen LogP contribution in [0.1, 0.15) is 17.3 Å². The number of aliphatic imine (C=N–C) groups is 1. The normalized spacial score (nSPS) is 16.3. The van der Waals surface area contributed by atoms with Gasteiger partial charge in [0.15, 0.2) is 5.17 Å². The summed E-state index contributed by atoms with van der Waals surface area (Å²) >= 11 is 9.20. The van der Waals surface area contributed by atoms with Gasteiger partial charge in [-0.3, -0.25) is 14.7 Å². The fourth-order valence-electron chi connectivity index (χ4n) is 2.58. The summed E-state index contributed by atoms with van der Waals surface area (Å²) in [6.45, 7) is 2.04. The number of amides is 1. The molecule has 1 atom stereocenters. The Labute approximate surface area is 167 Å². The van der Waals surface area contributed by atoms with Crippen LogP contribution in [0.3, 0.4) is 0 Å². The van der Waals surface area contributed by atoms with E-state index in [1.807, 2.05) is 37.4 Å². The number of methoxy groups -OCH3 is 1. The molecule has 0 radical (unpaired) electrons. The number of rotatable bonds is 4. The topological polar surface area (TPSA) is 41.9 Å². The summed E-state index contributed by atoms with van der Waals surface area (Å²) in [5.74, 6) is 1.24. The van der Waals surface area contributed by atoms with E-state index in [0.717, 1.165) is 16.3 Å². The SMILES string of the molecule is COc1cc(SC)ccc1C(=O)N(C1=N[C@H](C)CS1)c1ccc(Cl)cc1. The minimum Gasteiger partial charge on any atom is -0.496 e. The number of amidine groups is 1. The van der Waals surface area contributed by atoms with Crippen LogP contribution >= 0.6 is 35.1 Å². The average Bonchev–Trinajstić information content (AvgIpc) is 3.08. The van der Waals surface area contributed by atoms with Gasteiger partial charge in [-0.05, 0) is 55.6 Å². The molecule has 2 aromatic carbocycles. The number of carbonyl (C=O) groups excluding carboxylic acids is 1. The van der Waals surface area contributed by atoms with Gasteiger partial charge in [0.1, 0.15) is 5.75 Å². The van der Waals surface area contributed by atoms with Crippen LogP contribution in [0.4, 0.5) is 5.69 Å². The second-order valence-corrected chi connectivity index (χ2v) is 8.06. The van der Waals surface area contributed by atoms with E-state index in [9.17, 15) is 4.79 Å². The zero-order valence-electron chi connectivity index (χ0n) is 14.7. The van der Waals surface area contributed by atoms with E-state index >= 15 is 0 Å². The van der Waals surface area contributed by atoms with Crippen LogP contribution < -0.4 is 9.64 Å². The first kappa shape index (κ1) is 19.1. The Morgan fingerprint density at radius 1 is 1.31 bits per heavy atom. The molecule has 0 N–H and O–H groups in total. The van der Waals surface area contributed by atoms with Crippen molar-refractivity contribution in [1.82, 2.24) is 0 Å². The minimum absolute atomic E-state index is 0.169. The molecule has 0 unspecified atom stereocenters. The number of carbonyl (C=O) groups is 1. The maximum atomic E-state index is 13.4. The van der Waals surface area contributed by atoms with Crippen molar-refractivity contribution in [3.8, 4) is 5.75 Å². The number of hydrogen-bond acceptors (Lipinski definition) is 5. The van der Waals surface area contributed by atoms with Crippen LogP contribution in [0.25, 0.3) is 0 Å². The van der Waals surface area contributed by atoms with Gasteiger partial charge in [0.2, 0.25) is 0 Å². The monoisotopic (exact) mass is 406 g/mol. The Kier molecular flexibility index (Phi) is 6.16. The number of halogens is 1. The van der Waals surface area contributed by atoms with E-state index in [1.165, 1.54) is 0 Å². The van der Waals surface area contributed by atoms with Crippen molar-refractivity contribution in [3.63, 3.8) is 0 Å². The van der Waals surface area contributed by atoms with Gasteiger partial charge in [0, 0.05) is 15.7 Å². The number of nitrogens with zero attached hydrogens (tertiary/aromatic N) is 2. The Hall–Kier alpha value is -1.63. The Bertz CT molecular complexity index is 840. The first-order chi connectivity index (χ1) is 12.5. The Balaban J connectivity index is 2.06. The van der Waals surface area contributed by atoms with Gasteiger partial charge >= 0.3 is 0 Å². The highest BCUT2D eigenvalue weighted by molar-refractivity contribution is 8.14. The van der Waals surface area contributed by atoms with E-state index in [1.54, 1.807) is 53.7 Å². The molecule has 0 aliphatic carbocycles. The molecule has 3 rings (SSSR count). The van der Waals surface area contributed by atoms with Gasteiger partial charge in [-0.2, -0.15) is 0 Å². The second-order valence-electron chi connectivity index (χ2n) is 5.75. The fourth-order valence-corrected chi connectivity index (χ4v) is 4.17. The van der Waals surface area contributed by atoms with Crippen molar-refractivity contribution in [3.05, 3.63) is 53.1 Å². The van der Waals surface area contributed by atoms with Gasteiger partial charge in [0.05, 0.1) is 24.4 Å². The van der Waals surface area contributed by atoms with Crippen LogP contribution in [0.5, 0.6) is 5.75 Å². The maximum Gasteiger partial charge on any atom is 0.268 e. The van der Waals surface area contributed by atoms with Crippen molar-refractivity contribution in [1.29, 1.82) is 0 Å². The van der Waals surface area contributed by atoms with Gasteiger partial charge < -0.3 is 4.74 Å². The smallest absolute Gasteiger partial charge is 0.268 e. The molecule has 7 heteroatoms. The molecule has 1 amide bonds. The van der Waals surface area contributed by atoms with Crippen molar-refractivity contribution in [2.24, 2.45) is 4.99 Å². The van der Waals surface area contributed by atoms with Crippen LogP contribution in [0, 0.1) is 0 Å². The molecule has 26 heavy (non-hydrogen) atoms. The molecule has 1 aliphatic rings. The second kappa shape index (κ2) is 8.37. The molecular formula is C19H19ClN2O2S2. The van der Waals surface area contributed by atoms with Crippen LogP contribution in [0.15, 0.2) is 52.4 Å². The highest BCUT2D eigenvalue weighted by Gasteiger charge is 2.29. The van der Waals surface area contributed by atoms with Crippen molar-refractivity contribution in [2.45, 2.75) is 17.9 Å². The number of thioether (sulfide) groups is 2. The van der Waals surface area contributed by atoms with E-state index in [-0.39, 0.29) is 11.9 Å². The minimum atomic E-state index is -0.169. The lowest BCUT2D eigenvalue weighted by molar-refractivity contribution is 0.1000. The number of benzene rings is 2. The molecule has 136 valence electrons. The molecule has 0 bridgehead atoms. The Morgan fingerprint density at radius 2 is 2.04 bits per heavy atom. The summed E-state index contributed by atoms with van der Waals surface area (Å²) in [4.78, 5) is 20.7. The summed E-state index contributed by atoms with van der Waals surface area (Å²) < 4.78 is 5.47. The highest BCUT2D eigenvalue weighted by Crippen LogP contribution is 2.32. The van der Waals surface area contributed by atoms with Crippen molar-refractivity contribution >= 4 is 51.9 Å². The molecule has 0 aromatic heterocycles. The molecule has 0 fully saturated rings. The molecule has 4 nitrogen and oxygen atoms in total. The fraction of sp³-hybridized carbons (Fsp3) is 0.263. The lowest BCUT2D eigenvalue weighted by Gasteiger charge is -2.23. The summed E-state index contributed by atoms with van der Waals surface area (Å²) in [6.07, 6.45) is 1.99. The van der Waals surface area contributed by atoms with Gasteiger partial charge in [-0.15, -0.1) is 11.8 Å². The predicted octanol–water partition coefficient (Wildman–Crippen LogP) is 5.21. The van der Waals surface area contributed by atoms with E-state index in [0.29, 0.717) is 21.5 Å². The summed E-state index contributed by atoms with van der Waals surface area (Å²) in [5.41, 5.74) is 1.24. The first-order valence-electron chi connectivity index (χ1n) is 8.06. The van der Waals surface area contributed by atoms with Gasteiger partial charge in [-0.25, -0.2) is 0 Å². The zero-order chi connectivity index (χ0) is 18.7. The maximum absolute atomic E-state index is 13.4.